The molecule has 0 amide bonds. The summed E-state index contributed by atoms with van der Waals surface area (Å²) in [6.07, 6.45) is 0. The van der Waals surface area contributed by atoms with Gasteiger partial charge in [-0.15, -0.1) is 0 Å². The zero-order valence-electron chi connectivity index (χ0n) is 35.0. The van der Waals surface area contributed by atoms with E-state index in [2.05, 4.69) is 254 Å². The number of hydrogen-bond donors (Lipinski definition) is 0. The van der Waals surface area contributed by atoms with E-state index in [1.807, 2.05) is 0 Å². The molecule has 0 fully saturated rings. The molecule has 300 valence electrons. The number of furan rings is 1. The molecule has 11 aromatic carbocycles. The van der Waals surface area contributed by atoms with E-state index < -0.39 is 0 Å². The Bertz CT molecular complexity index is 3510. The second-order valence-electron chi connectivity index (χ2n) is 16.4. The molecule has 0 bridgehead atoms. The number of benzene rings is 11. The molecule has 0 radical (unpaired) electrons. The molecule has 0 aliphatic rings. The molecule has 1 heterocycles. The molecule has 1 aromatic heterocycles. The van der Waals surface area contributed by atoms with Crippen molar-refractivity contribution in [2.45, 2.75) is 0 Å². The third-order valence-corrected chi connectivity index (χ3v) is 12.7. The molecule has 0 spiro atoms. The van der Waals surface area contributed by atoms with Crippen molar-refractivity contribution >= 4 is 60.5 Å². The summed E-state index contributed by atoms with van der Waals surface area (Å²) in [5.41, 5.74) is 16.7. The Balaban J connectivity index is 1.02. The highest BCUT2D eigenvalue weighted by Crippen LogP contribution is 2.46. The van der Waals surface area contributed by atoms with Crippen molar-refractivity contribution in [3.05, 3.63) is 249 Å². The molecule has 0 unspecified atom stereocenters. The molecule has 0 atom stereocenters. The van der Waals surface area contributed by atoms with Crippen LogP contribution in [0.15, 0.2) is 253 Å². The van der Waals surface area contributed by atoms with Gasteiger partial charge in [-0.3, -0.25) is 0 Å². The summed E-state index contributed by atoms with van der Waals surface area (Å²) in [6, 6.07) is 89.5. The monoisotopic (exact) mass is 815 g/mol. The summed E-state index contributed by atoms with van der Waals surface area (Å²) >= 11 is 0. The van der Waals surface area contributed by atoms with E-state index in [4.69, 9.17) is 4.42 Å². The Kier molecular flexibility index (Phi) is 9.20. The van der Waals surface area contributed by atoms with Gasteiger partial charge in [-0.05, 0) is 120 Å². The molecule has 2 nitrogen and oxygen atoms in total. The van der Waals surface area contributed by atoms with Gasteiger partial charge in [0.2, 0.25) is 0 Å². The third kappa shape index (κ3) is 6.61. The van der Waals surface area contributed by atoms with Crippen molar-refractivity contribution in [1.29, 1.82) is 0 Å². The molecule has 0 aliphatic carbocycles. The standard InChI is InChI=1S/C62H41NO/c1-4-14-42(15-5-1)45-24-26-48(27-25-45)58-41-60-59(61-55-22-12-10-20-53(55)54-21-11-13-23-56(54)62(61)64-60)40-57(58)49-32-38-52(39-33-49)63(50-34-28-46(29-35-50)43-16-6-2-7-17-43)51-36-30-47(31-37-51)44-18-8-3-9-19-44/h1-41H. The van der Waals surface area contributed by atoms with Crippen LogP contribution in [-0.2, 0) is 0 Å². The maximum absolute atomic E-state index is 6.93. The van der Waals surface area contributed by atoms with Crippen LogP contribution in [-0.4, -0.2) is 0 Å². The summed E-state index contributed by atoms with van der Waals surface area (Å²) in [4.78, 5) is 2.35. The zero-order valence-corrected chi connectivity index (χ0v) is 35.0. The number of fused-ring (bicyclic) bond motifs is 8. The van der Waals surface area contributed by atoms with Crippen LogP contribution in [0.3, 0.4) is 0 Å². The Morgan fingerprint density at radius 2 is 0.578 bits per heavy atom. The van der Waals surface area contributed by atoms with Crippen molar-refractivity contribution in [2.24, 2.45) is 0 Å². The molecule has 0 saturated heterocycles. The van der Waals surface area contributed by atoms with Crippen molar-refractivity contribution in [1.82, 2.24) is 0 Å². The first-order chi connectivity index (χ1) is 31.7. The molecule has 0 aliphatic heterocycles. The summed E-state index contributed by atoms with van der Waals surface area (Å²) in [5.74, 6) is 0. The maximum atomic E-state index is 6.93. The lowest BCUT2D eigenvalue weighted by molar-refractivity contribution is 0.673. The van der Waals surface area contributed by atoms with Crippen molar-refractivity contribution in [3.63, 3.8) is 0 Å². The highest BCUT2D eigenvalue weighted by molar-refractivity contribution is 6.30. The van der Waals surface area contributed by atoms with Gasteiger partial charge < -0.3 is 9.32 Å². The summed E-state index contributed by atoms with van der Waals surface area (Å²) < 4.78 is 6.93. The number of anilines is 3. The third-order valence-electron chi connectivity index (χ3n) is 12.7. The molecule has 12 rings (SSSR count). The van der Waals surface area contributed by atoms with Gasteiger partial charge in [-0.2, -0.15) is 0 Å². The fourth-order valence-electron chi connectivity index (χ4n) is 9.51. The first-order valence-corrected chi connectivity index (χ1v) is 21.9. The predicted molar refractivity (Wildman–Crippen MR) is 271 cm³/mol. The minimum atomic E-state index is 0.878. The van der Waals surface area contributed by atoms with E-state index in [1.165, 1.54) is 49.5 Å². The SMILES string of the molecule is c1ccc(-c2ccc(-c3cc4oc5c6ccccc6c6ccccc6c5c4cc3-c3ccc(N(c4ccc(-c5ccccc5)cc4)c4ccc(-c5ccccc5)cc4)cc3)cc2)cc1. The molecule has 12 aromatic rings. The molecule has 2 heteroatoms. The topological polar surface area (TPSA) is 16.4 Å². The minimum Gasteiger partial charge on any atom is -0.455 e. The fraction of sp³-hybridized carbons (Fsp3) is 0. The first-order valence-electron chi connectivity index (χ1n) is 21.9. The average molecular weight is 816 g/mol. The van der Waals surface area contributed by atoms with Crippen LogP contribution in [0.1, 0.15) is 0 Å². The molecule has 0 N–H and O–H groups in total. The fourth-order valence-corrected chi connectivity index (χ4v) is 9.51. The zero-order chi connectivity index (χ0) is 42.4. The highest BCUT2D eigenvalue weighted by atomic mass is 16.3. The van der Waals surface area contributed by atoms with Gasteiger partial charge in [0.15, 0.2) is 0 Å². The van der Waals surface area contributed by atoms with Crippen LogP contribution >= 0.6 is 0 Å². The van der Waals surface area contributed by atoms with Gasteiger partial charge in [0.1, 0.15) is 11.2 Å². The van der Waals surface area contributed by atoms with Crippen LogP contribution < -0.4 is 4.90 Å². The van der Waals surface area contributed by atoms with E-state index in [1.54, 1.807) is 0 Å². The molecule has 64 heavy (non-hydrogen) atoms. The van der Waals surface area contributed by atoms with Crippen LogP contribution in [0, 0.1) is 0 Å². The predicted octanol–water partition coefficient (Wildman–Crippen LogP) is 17.7. The van der Waals surface area contributed by atoms with E-state index in [0.29, 0.717) is 0 Å². The molecular formula is C62H41NO. The highest BCUT2D eigenvalue weighted by Gasteiger charge is 2.20. The normalized spacial score (nSPS) is 11.4. The van der Waals surface area contributed by atoms with E-state index >= 15 is 0 Å². The molecular weight excluding hydrogens is 775 g/mol. The lowest BCUT2D eigenvalue weighted by Gasteiger charge is -2.26. The second kappa shape index (κ2) is 15.8. The molecule has 0 saturated carbocycles. The largest absolute Gasteiger partial charge is 0.455 e. The first kappa shape index (κ1) is 37.3. The second-order valence-corrected chi connectivity index (χ2v) is 16.4. The van der Waals surface area contributed by atoms with Gasteiger partial charge >= 0.3 is 0 Å². The summed E-state index contributed by atoms with van der Waals surface area (Å²) in [6.45, 7) is 0. The Labute approximate surface area is 372 Å². The Hall–Kier alpha value is -8.46. The van der Waals surface area contributed by atoms with Gasteiger partial charge in [0.05, 0.1) is 0 Å². The van der Waals surface area contributed by atoms with Gasteiger partial charge in [-0.25, -0.2) is 0 Å². The number of rotatable bonds is 8. The van der Waals surface area contributed by atoms with Crippen molar-refractivity contribution in [3.8, 4) is 55.6 Å². The van der Waals surface area contributed by atoms with E-state index in [9.17, 15) is 0 Å². The van der Waals surface area contributed by atoms with Crippen LogP contribution in [0.4, 0.5) is 17.1 Å². The number of hydrogen-bond acceptors (Lipinski definition) is 2. The van der Waals surface area contributed by atoms with Crippen molar-refractivity contribution in [2.75, 3.05) is 4.90 Å². The van der Waals surface area contributed by atoms with Crippen LogP contribution in [0.2, 0.25) is 0 Å². The average Bonchev–Trinajstić information content (AvgIpc) is 3.77. The van der Waals surface area contributed by atoms with Gasteiger partial charge in [0, 0.05) is 33.2 Å². The Morgan fingerprint density at radius 1 is 0.250 bits per heavy atom. The smallest absolute Gasteiger partial charge is 0.143 e. The maximum Gasteiger partial charge on any atom is 0.143 e. The van der Waals surface area contributed by atoms with Crippen LogP contribution in [0.25, 0.3) is 99.1 Å². The van der Waals surface area contributed by atoms with Gasteiger partial charge in [0.25, 0.3) is 0 Å². The Morgan fingerprint density at radius 3 is 1.05 bits per heavy atom. The van der Waals surface area contributed by atoms with E-state index in [-0.39, 0.29) is 0 Å². The number of nitrogens with zero attached hydrogens (tertiary/aromatic N) is 1. The van der Waals surface area contributed by atoms with Gasteiger partial charge in [-0.1, -0.05) is 200 Å². The van der Waals surface area contributed by atoms with Crippen molar-refractivity contribution < 1.29 is 4.42 Å². The lowest BCUT2D eigenvalue weighted by atomic mass is 9.90. The quantitative estimate of drug-likeness (QED) is 0.142. The minimum absolute atomic E-state index is 0.878. The summed E-state index contributed by atoms with van der Waals surface area (Å²) in [5, 5.41) is 7.01. The van der Waals surface area contributed by atoms with E-state index in [0.717, 1.165) is 66.6 Å². The summed E-state index contributed by atoms with van der Waals surface area (Å²) in [7, 11) is 0. The van der Waals surface area contributed by atoms with Crippen LogP contribution in [0.5, 0.6) is 0 Å². The lowest BCUT2D eigenvalue weighted by Crippen LogP contribution is -2.09.